The number of carbonyl (C=O) groups excluding carboxylic acids is 3. The molecule has 1 aromatic carbocycles. The van der Waals surface area contributed by atoms with Gasteiger partial charge in [0.2, 0.25) is 11.8 Å². The highest BCUT2D eigenvalue weighted by Gasteiger charge is 2.67. The first kappa shape index (κ1) is 18.8. The molecule has 0 aromatic heterocycles. The molecule has 26 heavy (non-hydrogen) atoms. The van der Waals surface area contributed by atoms with Crippen LogP contribution < -0.4 is 5.32 Å². The molecule has 2 saturated heterocycles. The van der Waals surface area contributed by atoms with Crippen LogP contribution >= 0.6 is 11.8 Å². The average Bonchev–Trinajstić information content (AvgIpc) is 3.10. The monoisotopic (exact) mass is 380 g/mol. The van der Waals surface area contributed by atoms with Gasteiger partial charge in [0.05, 0.1) is 18.9 Å². The van der Waals surface area contributed by atoms with E-state index in [1.165, 1.54) is 26.3 Å². The maximum Gasteiger partial charge on any atom is 0.326 e. The second kappa shape index (κ2) is 7.00. The highest BCUT2D eigenvalue weighted by molar-refractivity contribution is 7.98. The number of benzene rings is 1. The van der Waals surface area contributed by atoms with Crippen LogP contribution in [0.25, 0.3) is 0 Å². The highest BCUT2D eigenvalue weighted by Crippen LogP contribution is 2.50. The van der Waals surface area contributed by atoms with E-state index in [1.807, 2.05) is 6.26 Å². The number of nitrogens with zero attached hydrogens (tertiary/aromatic N) is 1. The van der Waals surface area contributed by atoms with E-state index < -0.39 is 35.2 Å². The Morgan fingerprint density at radius 2 is 1.96 bits per heavy atom. The molecule has 2 aliphatic rings. The number of imide groups is 1. The van der Waals surface area contributed by atoms with Gasteiger partial charge in [-0.3, -0.25) is 24.6 Å². The van der Waals surface area contributed by atoms with Gasteiger partial charge in [0.1, 0.15) is 11.4 Å². The van der Waals surface area contributed by atoms with Crippen molar-refractivity contribution in [2.24, 2.45) is 11.8 Å². The predicted molar refractivity (Wildman–Crippen MR) is 94.8 cm³/mol. The molecule has 1 aromatic rings. The fourth-order valence-corrected chi connectivity index (χ4v) is 4.59. The fraction of sp³-hybridized carbons (Fsp3) is 0.500. The first-order chi connectivity index (χ1) is 12.4. The molecule has 2 amide bonds. The summed E-state index contributed by atoms with van der Waals surface area (Å²) in [7, 11) is 2.71. The Morgan fingerprint density at radius 1 is 1.31 bits per heavy atom. The number of fused-ring (bicyclic) bond motifs is 1. The number of esters is 1. The lowest BCUT2D eigenvalue weighted by atomic mass is 9.78. The van der Waals surface area contributed by atoms with Crippen molar-refractivity contribution in [3.05, 3.63) is 35.6 Å². The van der Waals surface area contributed by atoms with Gasteiger partial charge in [-0.25, -0.2) is 4.39 Å². The lowest BCUT2D eigenvalue weighted by Gasteiger charge is -2.32. The number of ether oxygens (including phenoxy) is 1. The van der Waals surface area contributed by atoms with Crippen LogP contribution in [0.3, 0.4) is 0 Å². The van der Waals surface area contributed by atoms with Gasteiger partial charge in [-0.15, -0.1) is 0 Å². The van der Waals surface area contributed by atoms with Crippen molar-refractivity contribution >= 4 is 29.5 Å². The molecular weight excluding hydrogens is 359 g/mol. The SMILES string of the molecule is COC(=O)[C@]1(CCSC)N[C@H](c2ccc(F)cc2)[C@@H]2C(=O)N(C)C(=O)[C@H]21. The van der Waals surface area contributed by atoms with Gasteiger partial charge in [-0.05, 0) is 36.1 Å². The Balaban J connectivity index is 2.11. The van der Waals surface area contributed by atoms with Crippen molar-refractivity contribution in [1.82, 2.24) is 10.2 Å². The van der Waals surface area contributed by atoms with Crippen LogP contribution in [0.2, 0.25) is 0 Å². The van der Waals surface area contributed by atoms with Gasteiger partial charge in [0.25, 0.3) is 0 Å². The summed E-state index contributed by atoms with van der Waals surface area (Å²) < 4.78 is 18.3. The number of halogens is 1. The number of rotatable bonds is 5. The first-order valence-electron chi connectivity index (χ1n) is 8.29. The molecule has 1 N–H and O–H groups in total. The van der Waals surface area contributed by atoms with E-state index in [0.717, 1.165) is 4.90 Å². The number of hydrogen-bond donors (Lipinski definition) is 1. The molecular formula is C18H21FN2O4S. The van der Waals surface area contributed by atoms with Crippen molar-refractivity contribution < 1.29 is 23.5 Å². The van der Waals surface area contributed by atoms with Crippen molar-refractivity contribution in [1.29, 1.82) is 0 Å². The van der Waals surface area contributed by atoms with E-state index >= 15 is 0 Å². The van der Waals surface area contributed by atoms with Crippen LogP contribution in [0.1, 0.15) is 18.0 Å². The van der Waals surface area contributed by atoms with Gasteiger partial charge in [0.15, 0.2) is 0 Å². The van der Waals surface area contributed by atoms with Crippen LogP contribution in [-0.2, 0) is 19.1 Å². The van der Waals surface area contributed by atoms with Crippen molar-refractivity contribution in [3.8, 4) is 0 Å². The molecule has 0 bridgehead atoms. The standard InChI is InChI=1S/C18H21FN2O4S/c1-21-15(22)12-13(16(21)23)18(8-9-26-3,17(24)25-2)20-14(12)10-4-6-11(19)7-5-10/h4-7,12-14,20H,8-9H2,1-3H3/t12-,13+,14-,18-/m1/s1. The van der Waals surface area contributed by atoms with E-state index in [4.69, 9.17) is 4.74 Å². The second-order valence-corrected chi connectivity index (χ2v) is 7.60. The topological polar surface area (TPSA) is 75.7 Å². The summed E-state index contributed by atoms with van der Waals surface area (Å²) in [6.45, 7) is 0. The molecule has 0 unspecified atom stereocenters. The number of amides is 2. The smallest absolute Gasteiger partial charge is 0.326 e. The minimum atomic E-state index is -1.28. The van der Waals surface area contributed by atoms with Gasteiger partial charge in [-0.2, -0.15) is 11.8 Å². The van der Waals surface area contributed by atoms with Crippen molar-refractivity contribution in [3.63, 3.8) is 0 Å². The van der Waals surface area contributed by atoms with Gasteiger partial charge in [-0.1, -0.05) is 12.1 Å². The quantitative estimate of drug-likeness (QED) is 0.614. The molecule has 3 rings (SSSR count). The summed E-state index contributed by atoms with van der Waals surface area (Å²) in [6.07, 6.45) is 2.26. The Kier molecular flexibility index (Phi) is 5.07. The maximum absolute atomic E-state index is 13.3. The molecule has 0 radical (unpaired) electrons. The first-order valence-corrected chi connectivity index (χ1v) is 9.68. The lowest BCUT2D eigenvalue weighted by molar-refractivity contribution is -0.154. The van der Waals surface area contributed by atoms with Crippen LogP contribution in [0.15, 0.2) is 24.3 Å². The minimum absolute atomic E-state index is 0.336. The fourth-order valence-electron chi connectivity index (χ4n) is 4.07. The summed E-state index contributed by atoms with van der Waals surface area (Å²) in [4.78, 5) is 39.4. The average molecular weight is 380 g/mol. The van der Waals surface area contributed by atoms with Gasteiger partial charge >= 0.3 is 5.97 Å². The number of thioether (sulfide) groups is 1. The van der Waals surface area contributed by atoms with Crippen molar-refractivity contribution in [2.45, 2.75) is 18.0 Å². The Morgan fingerprint density at radius 3 is 2.54 bits per heavy atom. The Hall–Kier alpha value is -1.93. The summed E-state index contributed by atoms with van der Waals surface area (Å²) in [6, 6.07) is 5.18. The van der Waals surface area contributed by atoms with Gasteiger partial charge in [0, 0.05) is 13.1 Å². The molecule has 0 aliphatic carbocycles. The van der Waals surface area contributed by atoms with E-state index in [0.29, 0.717) is 17.7 Å². The van der Waals surface area contributed by atoms with Crippen LogP contribution in [-0.4, -0.2) is 54.4 Å². The highest BCUT2D eigenvalue weighted by atomic mass is 32.2. The number of nitrogens with one attached hydrogen (secondary N) is 1. The van der Waals surface area contributed by atoms with Crippen molar-refractivity contribution in [2.75, 3.05) is 26.2 Å². The molecule has 8 heteroatoms. The van der Waals surface area contributed by atoms with Crippen LogP contribution in [0.4, 0.5) is 4.39 Å². The molecule has 140 valence electrons. The lowest BCUT2D eigenvalue weighted by Crippen LogP contribution is -2.56. The van der Waals surface area contributed by atoms with E-state index in [2.05, 4.69) is 5.32 Å². The molecule has 2 heterocycles. The summed E-state index contributed by atoms with van der Waals surface area (Å²) in [5.41, 5.74) is -0.619. The van der Waals surface area contributed by atoms with Crippen LogP contribution in [0.5, 0.6) is 0 Å². The van der Waals surface area contributed by atoms with Gasteiger partial charge < -0.3 is 4.74 Å². The molecule has 4 atom stereocenters. The third kappa shape index (κ3) is 2.72. The molecule has 2 fully saturated rings. The van der Waals surface area contributed by atoms with E-state index in [9.17, 15) is 18.8 Å². The zero-order chi connectivity index (χ0) is 19.1. The minimum Gasteiger partial charge on any atom is -0.468 e. The molecule has 0 spiro atoms. The molecule has 6 nitrogen and oxygen atoms in total. The van der Waals surface area contributed by atoms with E-state index in [1.54, 1.807) is 23.9 Å². The number of likely N-dealkylation sites (tertiary alicyclic amines) is 1. The maximum atomic E-state index is 13.3. The molecule has 2 aliphatic heterocycles. The third-order valence-electron chi connectivity index (χ3n) is 5.35. The molecule has 0 saturated carbocycles. The zero-order valence-corrected chi connectivity index (χ0v) is 15.6. The normalized spacial score (nSPS) is 30.6. The summed E-state index contributed by atoms with van der Waals surface area (Å²) in [5, 5.41) is 3.23. The summed E-state index contributed by atoms with van der Waals surface area (Å²) in [5.74, 6) is -2.61. The van der Waals surface area contributed by atoms with E-state index in [-0.39, 0.29) is 11.8 Å². The second-order valence-electron chi connectivity index (χ2n) is 6.62. The van der Waals surface area contributed by atoms with Crippen LogP contribution in [0, 0.1) is 17.7 Å². The number of methoxy groups -OCH3 is 1. The number of hydrogen-bond acceptors (Lipinski definition) is 6. The Labute approximate surface area is 155 Å². The number of carbonyl (C=O) groups is 3. The third-order valence-corrected chi connectivity index (χ3v) is 5.97. The predicted octanol–water partition coefficient (Wildman–Crippen LogP) is 1.37. The zero-order valence-electron chi connectivity index (χ0n) is 14.8. The Bertz CT molecular complexity index is 741. The summed E-state index contributed by atoms with van der Waals surface area (Å²) >= 11 is 1.54. The largest absolute Gasteiger partial charge is 0.468 e.